The highest BCUT2D eigenvalue weighted by atomic mass is 35.5. The molecule has 2 heterocycles. The summed E-state index contributed by atoms with van der Waals surface area (Å²) in [5.74, 6) is -0.297. The zero-order valence-corrected chi connectivity index (χ0v) is 12.5. The van der Waals surface area contributed by atoms with Gasteiger partial charge in [0, 0.05) is 6.20 Å². The highest BCUT2D eigenvalue weighted by Gasteiger charge is 2.20. The molecule has 1 atom stereocenters. The van der Waals surface area contributed by atoms with Crippen molar-refractivity contribution in [2.75, 3.05) is 0 Å². The molecule has 106 valence electrons. The van der Waals surface area contributed by atoms with Gasteiger partial charge in [0.05, 0.1) is 22.5 Å². The van der Waals surface area contributed by atoms with Crippen LogP contribution in [0, 0.1) is 13.8 Å². The molecule has 1 unspecified atom stereocenters. The average Bonchev–Trinajstić information content (AvgIpc) is 2.76. The van der Waals surface area contributed by atoms with Crippen LogP contribution in [0.2, 0.25) is 5.02 Å². The molecule has 0 aliphatic carbocycles. The van der Waals surface area contributed by atoms with E-state index >= 15 is 0 Å². The first kappa shape index (κ1) is 14.5. The first-order valence-electron chi connectivity index (χ1n) is 6.46. The van der Waals surface area contributed by atoms with Crippen LogP contribution in [0.3, 0.4) is 0 Å². The first-order chi connectivity index (χ1) is 9.52. The molecule has 0 aliphatic rings. The monoisotopic (exact) mass is 292 g/mol. The van der Waals surface area contributed by atoms with Crippen LogP contribution in [-0.2, 0) is 0 Å². The number of nitrogens with one attached hydrogen (secondary N) is 2. The maximum atomic E-state index is 12.2. The van der Waals surface area contributed by atoms with Crippen molar-refractivity contribution in [3.05, 3.63) is 46.0 Å². The summed E-state index contributed by atoms with van der Waals surface area (Å²) < 4.78 is 0. The number of carbonyl (C=O) groups is 1. The number of aromatic nitrogens is 3. The number of aryl methyl sites for hydroxylation is 2. The van der Waals surface area contributed by atoms with Gasteiger partial charge >= 0.3 is 0 Å². The summed E-state index contributed by atoms with van der Waals surface area (Å²) in [4.78, 5) is 16.5. The second-order valence-corrected chi connectivity index (χ2v) is 5.08. The van der Waals surface area contributed by atoms with Gasteiger partial charge in [-0.3, -0.25) is 14.9 Å². The summed E-state index contributed by atoms with van der Waals surface area (Å²) in [6, 6.07) is 3.73. The first-order valence-corrected chi connectivity index (χ1v) is 6.84. The number of rotatable bonds is 4. The molecule has 0 bridgehead atoms. The minimum atomic E-state index is -0.297. The number of aromatic amines is 1. The zero-order valence-electron chi connectivity index (χ0n) is 11.7. The van der Waals surface area contributed by atoms with Gasteiger partial charge in [0.25, 0.3) is 5.91 Å². The molecule has 20 heavy (non-hydrogen) atoms. The molecular weight excluding hydrogens is 276 g/mol. The molecule has 0 radical (unpaired) electrons. The smallest absolute Gasteiger partial charge is 0.273 e. The summed E-state index contributed by atoms with van der Waals surface area (Å²) in [5.41, 5.74) is 2.84. The van der Waals surface area contributed by atoms with Crippen molar-refractivity contribution in [1.82, 2.24) is 20.5 Å². The molecule has 2 rings (SSSR count). The largest absolute Gasteiger partial charge is 0.342 e. The zero-order chi connectivity index (χ0) is 14.7. The van der Waals surface area contributed by atoms with Gasteiger partial charge in [0.15, 0.2) is 5.69 Å². The molecule has 6 heteroatoms. The van der Waals surface area contributed by atoms with Gasteiger partial charge in [0.1, 0.15) is 0 Å². The second kappa shape index (κ2) is 6.05. The average molecular weight is 293 g/mol. The summed E-state index contributed by atoms with van der Waals surface area (Å²) in [7, 11) is 0. The van der Waals surface area contributed by atoms with E-state index in [1.54, 1.807) is 13.1 Å². The van der Waals surface area contributed by atoms with Crippen molar-refractivity contribution >= 4 is 17.5 Å². The Balaban J connectivity index is 2.18. The third-order valence-electron chi connectivity index (χ3n) is 3.09. The molecule has 0 spiro atoms. The third-order valence-corrected chi connectivity index (χ3v) is 3.56. The fraction of sp³-hybridized carbons (Fsp3) is 0.357. The predicted molar refractivity (Wildman–Crippen MR) is 77.8 cm³/mol. The second-order valence-electron chi connectivity index (χ2n) is 4.70. The highest BCUT2D eigenvalue weighted by Crippen LogP contribution is 2.20. The molecule has 0 fully saturated rings. The molecule has 0 aliphatic heterocycles. The van der Waals surface area contributed by atoms with Gasteiger partial charge in [-0.2, -0.15) is 5.10 Å². The lowest BCUT2D eigenvalue weighted by atomic mass is 10.1. The van der Waals surface area contributed by atoms with Gasteiger partial charge in [0.2, 0.25) is 0 Å². The van der Waals surface area contributed by atoms with Crippen molar-refractivity contribution in [3.8, 4) is 0 Å². The van der Waals surface area contributed by atoms with Gasteiger partial charge in [-0.1, -0.05) is 18.5 Å². The maximum Gasteiger partial charge on any atom is 0.273 e. The van der Waals surface area contributed by atoms with E-state index in [4.69, 9.17) is 11.6 Å². The van der Waals surface area contributed by atoms with Crippen LogP contribution in [0.5, 0.6) is 0 Å². The van der Waals surface area contributed by atoms with E-state index in [1.165, 1.54) is 0 Å². The Morgan fingerprint density at radius 1 is 1.50 bits per heavy atom. The Labute approximate surface area is 122 Å². The van der Waals surface area contributed by atoms with Crippen molar-refractivity contribution in [2.45, 2.75) is 33.2 Å². The lowest BCUT2D eigenvalue weighted by Crippen LogP contribution is -2.29. The number of amides is 1. The van der Waals surface area contributed by atoms with Crippen molar-refractivity contribution in [3.63, 3.8) is 0 Å². The van der Waals surface area contributed by atoms with Gasteiger partial charge < -0.3 is 5.32 Å². The standard InChI is InChI=1S/C14H17ClN4O/c1-4-10(11-7-8(2)5-6-16-11)17-14(20)13-12(15)9(3)18-19-13/h5-7,10H,4H2,1-3H3,(H,17,20)(H,18,19). The summed E-state index contributed by atoms with van der Waals surface area (Å²) in [6.45, 7) is 5.76. The number of carbonyl (C=O) groups excluding carboxylic acids is 1. The Bertz CT molecular complexity index is 623. The molecule has 2 aromatic rings. The topological polar surface area (TPSA) is 70.7 Å². The molecule has 2 N–H and O–H groups in total. The third kappa shape index (κ3) is 2.99. The normalized spacial score (nSPS) is 12.2. The van der Waals surface area contributed by atoms with Gasteiger partial charge in [-0.25, -0.2) is 0 Å². The van der Waals surface area contributed by atoms with E-state index in [1.807, 2.05) is 26.0 Å². The van der Waals surface area contributed by atoms with E-state index < -0.39 is 0 Å². The van der Waals surface area contributed by atoms with Crippen LogP contribution in [-0.4, -0.2) is 21.1 Å². The van der Waals surface area contributed by atoms with Crippen LogP contribution in [0.1, 0.15) is 46.8 Å². The number of halogens is 1. The molecule has 0 saturated carbocycles. The highest BCUT2D eigenvalue weighted by molar-refractivity contribution is 6.34. The number of H-pyrrole nitrogens is 1. The summed E-state index contributed by atoms with van der Waals surface area (Å²) in [6.07, 6.45) is 2.48. The van der Waals surface area contributed by atoms with Crippen LogP contribution in [0.15, 0.2) is 18.3 Å². The van der Waals surface area contributed by atoms with E-state index in [0.29, 0.717) is 10.7 Å². The maximum absolute atomic E-state index is 12.2. The SMILES string of the molecule is CCC(NC(=O)c1n[nH]c(C)c1Cl)c1cc(C)ccn1. The quantitative estimate of drug-likeness (QED) is 0.910. The van der Waals surface area contributed by atoms with E-state index in [2.05, 4.69) is 20.5 Å². The Kier molecular flexibility index (Phi) is 4.39. The van der Waals surface area contributed by atoms with Crippen LogP contribution >= 0.6 is 11.6 Å². The van der Waals surface area contributed by atoms with Crippen molar-refractivity contribution in [1.29, 1.82) is 0 Å². The minimum Gasteiger partial charge on any atom is -0.342 e. The van der Waals surface area contributed by atoms with E-state index in [9.17, 15) is 4.79 Å². The number of hydrogen-bond acceptors (Lipinski definition) is 3. The summed E-state index contributed by atoms with van der Waals surface area (Å²) >= 11 is 6.03. The molecule has 5 nitrogen and oxygen atoms in total. The lowest BCUT2D eigenvalue weighted by Gasteiger charge is -2.16. The fourth-order valence-electron chi connectivity index (χ4n) is 1.93. The molecular formula is C14H17ClN4O. The number of pyridine rings is 1. The Morgan fingerprint density at radius 2 is 2.25 bits per heavy atom. The Morgan fingerprint density at radius 3 is 2.80 bits per heavy atom. The van der Waals surface area contributed by atoms with Crippen LogP contribution in [0.25, 0.3) is 0 Å². The minimum absolute atomic E-state index is 0.157. The van der Waals surface area contributed by atoms with Crippen LogP contribution < -0.4 is 5.32 Å². The lowest BCUT2D eigenvalue weighted by molar-refractivity contribution is 0.0929. The van der Waals surface area contributed by atoms with Crippen LogP contribution in [0.4, 0.5) is 0 Å². The number of nitrogens with zero attached hydrogens (tertiary/aromatic N) is 2. The van der Waals surface area contributed by atoms with Crippen molar-refractivity contribution in [2.24, 2.45) is 0 Å². The van der Waals surface area contributed by atoms with E-state index in [-0.39, 0.29) is 17.6 Å². The van der Waals surface area contributed by atoms with Gasteiger partial charge in [-0.05, 0) is 38.0 Å². The molecule has 1 amide bonds. The molecule has 0 aromatic carbocycles. The summed E-state index contributed by atoms with van der Waals surface area (Å²) in [5, 5.41) is 9.89. The van der Waals surface area contributed by atoms with Gasteiger partial charge in [-0.15, -0.1) is 0 Å². The van der Waals surface area contributed by atoms with E-state index in [0.717, 1.165) is 17.7 Å². The fourth-order valence-corrected chi connectivity index (χ4v) is 2.10. The predicted octanol–water partition coefficient (Wildman–Crippen LogP) is 2.96. The number of hydrogen-bond donors (Lipinski definition) is 2. The van der Waals surface area contributed by atoms with Crippen molar-refractivity contribution < 1.29 is 4.79 Å². The molecule has 0 saturated heterocycles. The molecule has 2 aromatic heterocycles. The Hall–Kier alpha value is -1.88.